The van der Waals surface area contributed by atoms with Crippen LogP contribution < -0.4 is 6.15 Å². The molecule has 1 aliphatic heterocycles. The van der Waals surface area contributed by atoms with Crippen LogP contribution in [0.5, 0.6) is 0 Å². The van der Waals surface area contributed by atoms with E-state index in [0.717, 1.165) is 25.9 Å². The van der Waals surface area contributed by atoms with E-state index in [9.17, 15) is 4.91 Å². The lowest BCUT2D eigenvalue weighted by Crippen LogP contribution is -2.08. The first-order valence-electron chi connectivity index (χ1n) is 2.52. The Balaban J connectivity index is 0.000000490. The molecule has 8 heavy (non-hydrogen) atoms. The quantitative estimate of drug-likeness (QED) is 0.519. The molecule has 4 nitrogen and oxygen atoms in total. The molecule has 0 aromatic rings. The summed E-state index contributed by atoms with van der Waals surface area (Å²) in [5.74, 6) is 0. The molecule has 0 atom stereocenters. The number of nitroso groups, excluding NO2 is 1. The van der Waals surface area contributed by atoms with E-state index in [1.54, 1.807) is 5.01 Å². The molecule has 0 bridgehead atoms. The van der Waals surface area contributed by atoms with Crippen LogP contribution in [0.3, 0.4) is 0 Å². The van der Waals surface area contributed by atoms with Crippen LogP contribution in [-0.2, 0) is 0 Å². The average Bonchev–Trinajstić information content (AvgIpc) is 2.14. The van der Waals surface area contributed by atoms with Gasteiger partial charge in [0.1, 0.15) is 0 Å². The van der Waals surface area contributed by atoms with Gasteiger partial charge in [-0.1, -0.05) is 0 Å². The summed E-state index contributed by atoms with van der Waals surface area (Å²) >= 11 is 0. The van der Waals surface area contributed by atoms with Crippen molar-refractivity contribution in [2.24, 2.45) is 5.29 Å². The van der Waals surface area contributed by atoms with Gasteiger partial charge in [-0.15, -0.1) is 4.91 Å². The molecule has 1 saturated heterocycles. The minimum Gasteiger partial charge on any atom is -0.344 e. The van der Waals surface area contributed by atoms with Gasteiger partial charge in [0, 0.05) is 13.1 Å². The van der Waals surface area contributed by atoms with Crippen LogP contribution >= 0.6 is 0 Å². The van der Waals surface area contributed by atoms with Crippen LogP contribution in [0, 0.1) is 4.91 Å². The predicted octanol–water partition coefficient (Wildman–Crippen LogP) is 0.926. The minimum atomic E-state index is 0. The Morgan fingerprint density at radius 2 is 1.75 bits per heavy atom. The zero-order valence-electron chi connectivity index (χ0n) is 4.84. The lowest BCUT2D eigenvalue weighted by molar-refractivity contribution is 0.355. The van der Waals surface area contributed by atoms with Gasteiger partial charge in [-0.25, -0.2) is 0 Å². The first kappa shape index (κ1) is 7.36. The lowest BCUT2D eigenvalue weighted by atomic mass is 10.4. The van der Waals surface area contributed by atoms with Gasteiger partial charge in [-0.2, -0.15) is 0 Å². The molecule has 1 fully saturated rings. The summed E-state index contributed by atoms with van der Waals surface area (Å²) in [4.78, 5) is 9.68. The summed E-state index contributed by atoms with van der Waals surface area (Å²) in [7, 11) is 0. The second-order valence-corrected chi connectivity index (χ2v) is 1.74. The molecule has 1 rings (SSSR count). The molecular weight excluding hydrogens is 106 g/mol. The number of nitrogens with zero attached hydrogens (tertiary/aromatic N) is 2. The fourth-order valence-corrected chi connectivity index (χ4v) is 0.782. The summed E-state index contributed by atoms with van der Waals surface area (Å²) in [6.45, 7) is 1.73. The van der Waals surface area contributed by atoms with Crippen molar-refractivity contribution in [1.82, 2.24) is 11.2 Å². The molecule has 0 amide bonds. The monoisotopic (exact) mass is 117 g/mol. The molecular formula is C4H11N3O. The zero-order chi connectivity index (χ0) is 5.11. The normalized spacial score (nSPS) is 17.8. The fraction of sp³-hybridized carbons (Fsp3) is 1.00. The van der Waals surface area contributed by atoms with Crippen molar-refractivity contribution in [2.45, 2.75) is 12.8 Å². The van der Waals surface area contributed by atoms with Gasteiger partial charge < -0.3 is 6.15 Å². The van der Waals surface area contributed by atoms with Gasteiger partial charge in [0.2, 0.25) is 0 Å². The summed E-state index contributed by atoms with van der Waals surface area (Å²) < 4.78 is 0. The highest BCUT2D eigenvalue weighted by molar-refractivity contribution is 4.59. The largest absolute Gasteiger partial charge is 0.344 e. The molecule has 1 aliphatic rings. The molecule has 48 valence electrons. The van der Waals surface area contributed by atoms with Gasteiger partial charge in [0.25, 0.3) is 0 Å². The van der Waals surface area contributed by atoms with Crippen molar-refractivity contribution in [2.75, 3.05) is 13.1 Å². The second-order valence-electron chi connectivity index (χ2n) is 1.74. The predicted molar refractivity (Wildman–Crippen MR) is 31.6 cm³/mol. The molecule has 4 heteroatoms. The minimum absolute atomic E-state index is 0. The average molecular weight is 117 g/mol. The van der Waals surface area contributed by atoms with E-state index in [1.807, 2.05) is 0 Å². The van der Waals surface area contributed by atoms with Crippen molar-refractivity contribution in [3.63, 3.8) is 0 Å². The van der Waals surface area contributed by atoms with E-state index in [-0.39, 0.29) is 6.15 Å². The maximum Gasteiger partial charge on any atom is 0.0523 e. The molecule has 0 unspecified atom stereocenters. The Morgan fingerprint density at radius 1 is 1.25 bits per heavy atom. The van der Waals surface area contributed by atoms with E-state index >= 15 is 0 Å². The smallest absolute Gasteiger partial charge is 0.0523 e. The van der Waals surface area contributed by atoms with Crippen molar-refractivity contribution in [3.05, 3.63) is 4.91 Å². The van der Waals surface area contributed by atoms with E-state index in [2.05, 4.69) is 5.29 Å². The summed E-state index contributed by atoms with van der Waals surface area (Å²) in [6, 6.07) is 0. The van der Waals surface area contributed by atoms with E-state index < -0.39 is 0 Å². The van der Waals surface area contributed by atoms with Crippen LogP contribution in [0.4, 0.5) is 0 Å². The summed E-state index contributed by atoms with van der Waals surface area (Å²) in [6.07, 6.45) is 2.26. The highest BCUT2D eigenvalue weighted by atomic mass is 16.3. The molecule has 0 spiro atoms. The Morgan fingerprint density at radius 3 is 2.00 bits per heavy atom. The van der Waals surface area contributed by atoms with Crippen LogP contribution in [0.25, 0.3) is 0 Å². The van der Waals surface area contributed by atoms with E-state index in [4.69, 9.17) is 0 Å². The van der Waals surface area contributed by atoms with Crippen molar-refractivity contribution >= 4 is 0 Å². The molecule has 0 aromatic heterocycles. The number of rotatable bonds is 1. The molecule has 3 N–H and O–H groups in total. The Hall–Kier alpha value is -0.640. The third kappa shape index (κ3) is 1.46. The third-order valence-corrected chi connectivity index (χ3v) is 1.20. The first-order valence-corrected chi connectivity index (χ1v) is 2.52. The van der Waals surface area contributed by atoms with Crippen molar-refractivity contribution in [1.29, 1.82) is 0 Å². The van der Waals surface area contributed by atoms with Gasteiger partial charge in [-0.3, -0.25) is 5.01 Å². The number of hydrogen-bond donors (Lipinski definition) is 1. The van der Waals surface area contributed by atoms with Crippen LogP contribution in [-0.4, -0.2) is 18.1 Å². The van der Waals surface area contributed by atoms with Crippen molar-refractivity contribution < 1.29 is 0 Å². The molecule has 0 saturated carbocycles. The highest BCUT2D eigenvalue weighted by Gasteiger charge is 2.08. The van der Waals surface area contributed by atoms with Gasteiger partial charge in [0.05, 0.1) is 5.29 Å². The molecule has 0 aliphatic carbocycles. The maximum absolute atomic E-state index is 9.68. The first-order chi connectivity index (χ1) is 3.43. The van der Waals surface area contributed by atoms with E-state index in [0.29, 0.717) is 0 Å². The highest BCUT2D eigenvalue weighted by Crippen LogP contribution is 2.05. The van der Waals surface area contributed by atoms with Gasteiger partial charge >= 0.3 is 0 Å². The Bertz CT molecular complexity index is 69.7. The SMILES string of the molecule is N.O=NN1CCCC1. The lowest BCUT2D eigenvalue weighted by Gasteiger charge is -2.00. The summed E-state index contributed by atoms with van der Waals surface area (Å²) in [5, 5.41) is 4.33. The standard InChI is InChI=1S/C4H8N2O.H3N/c7-5-6-3-1-2-4-6;/h1-4H2;1H3. The third-order valence-electron chi connectivity index (χ3n) is 1.20. The van der Waals surface area contributed by atoms with Crippen molar-refractivity contribution in [3.8, 4) is 0 Å². The van der Waals surface area contributed by atoms with Gasteiger partial charge in [-0.05, 0) is 12.8 Å². The molecule has 0 radical (unpaired) electrons. The number of hydrogen-bond acceptors (Lipinski definition) is 3. The molecule has 0 aromatic carbocycles. The zero-order valence-corrected chi connectivity index (χ0v) is 4.84. The van der Waals surface area contributed by atoms with Crippen LogP contribution in [0.1, 0.15) is 12.8 Å². The summed E-state index contributed by atoms with van der Waals surface area (Å²) in [5.41, 5.74) is 0. The fourth-order valence-electron chi connectivity index (χ4n) is 0.782. The molecule has 1 heterocycles. The Kier molecular flexibility index (Phi) is 3.10. The van der Waals surface area contributed by atoms with Gasteiger partial charge in [0.15, 0.2) is 0 Å². The van der Waals surface area contributed by atoms with E-state index in [1.165, 1.54) is 0 Å². The topological polar surface area (TPSA) is 67.7 Å². The van der Waals surface area contributed by atoms with Crippen LogP contribution in [0.15, 0.2) is 5.29 Å². The second kappa shape index (κ2) is 3.37. The maximum atomic E-state index is 9.68. The van der Waals surface area contributed by atoms with Crippen LogP contribution in [0.2, 0.25) is 0 Å². The Labute approximate surface area is 48.4 Å².